The fourth-order valence-electron chi connectivity index (χ4n) is 3.92. The van der Waals surface area contributed by atoms with E-state index in [-0.39, 0.29) is 11.5 Å². The van der Waals surface area contributed by atoms with Crippen molar-refractivity contribution in [3.63, 3.8) is 0 Å². The highest BCUT2D eigenvalue weighted by Gasteiger charge is 2.37. The molecule has 0 aliphatic carbocycles. The fraction of sp³-hybridized carbons (Fsp3) is 0.545. The van der Waals surface area contributed by atoms with Crippen molar-refractivity contribution in [2.45, 2.75) is 51.9 Å². The molecule has 0 saturated carbocycles. The van der Waals surface area contributed by atoms with E-state index in [0.717, 1.165) is 30.6 Å². The van der Waals surface area contributed by atoms with Gasteiger partial charge in [0, 0.05) is 25.8 Å². The number of hydrazine groups is 1. The molecule has 0 bridgehead atoms. The maximum atomic E-state index is 12.6. The molecule has 4 N–H and O–H groups in total. The first-order chi connectivity index (χ1) is 14.2. The van der Waals surface area contributed by atoms with Gasteiger partial charge in [0.25, 0.3) is 11.8 Å². The van der Waals surface area contributed by atoms with Gasteiger partial charge in [-0.2, -0.15) is 0 Å². The van der Waals surface area contributed by atoms with Crippen LogP contribution in [0.25, 0.3) is 0 Å². The number of carbonyl (C=O) groups excluding carboxylic acids is 2. The standard InChI is InChI=1S/C22H32N4O4/c1-15(16-6-8-17(9-7-16)26-13-5-11-23-26)24-20(29)18(27)19(28)21(30)25-12-4-10-22(2,3)14-25/h5-9,13,15,18-19,23,27-28H,4,10-12,14H2,1-3H3,(H,24,29)/t15-,18-,19-/m1/s1. The number of amides is 2. The Morgan fingerprint density at radius 2 is 1.87 bits per heavy atom. The van der Waals surface area contributed by atoms with Gasteiger partial charge in [-0.3, -0.25) is 14.6 Å². The number of anilines is 1. The van der Waals surface area contributed by atoms with Crippen LogP contribution in [0, 0.1) is 5.41 Å². The minimum absolute atomic E-state index is 0.0398. The van der Waals surface area contributed by atoms with Crippen LogP contribution < -0.4 is 15.8 Å². The molecule has 0 spiro atoms. The van der Waals surface area contributed by atoms with Crippen LogP contribution >= 0.6 is 0 Å². The van der Waals surface area contributed by atoms with Gasteiger partial charge in [-0.1, -0.05) is 32.1 Å². The maximum absolute atomic E-state index is 12.6. The molecule has 1 fully saturated rings. The second kappa shape index (κ2) is 9.16. The van der Waals surface area contributed by atoms with E-state index in [2.05, 4.69) is 24.6 Å². The van der Waals surface area contributed by atoms with Crippen LogP contribution in [-0.2, 0) is 9.59 Å². The summed E-state index contributed by atoms with van der Waals surface area (Å²) >= 11 is 0. The summed E-state index contributed by atoms with van der Waals surface area (Å²) in [5.74, 6) is -1.37. The average molecular weight is 417 g/mol. The first kappa shape index (κ1) is 22.3. The highest BCUT2D eigenvalue weighted by Crippen LogP contribution is 2.29. The number of aliphatic hydroxyl groups excluding tert-OH is 2. The van der Waals surface area contributed by atoms with Crippen LogP contribution in [0.2, 0.25) is 0 Å². The Morgan fingerprint density at radius 3 is 2.47 bits per heavy atom. The van der Waals surface area contributed by atoms with E-state index in [1.165, 1.54) is 4.90 Å². The third kappa shape index (κ3) is 5.19. The van der Waals surface area contributed by atoms with Gasteiger partial charge in [-0.15, -0.1) is 0 Å². The normalized spacial score (nSPS) is 21.2. The monoisotopic (exact) mass is 416 g/mol. The molecule has 3 atom stereocenters. The molecule has 8 nitrogen and oxygen atoms in total. The summed E-state index contributed by atoms with van der Waals surface area (Å²) in [6.07, 6.45) is 2.19. The van der Waals surface area contributed by atoms with Crippen LogP contribution in [0.15, 0.2) is 36.5 Å². The minimum Gasteiger partial charge on any atom is -0.380 e. The molecule has 2 aliphatic heterocycles. The number of carbonyl (C=O) groups is 2. The first-order valence-electron chi connectivity index (χ1n) is 10.4. The zero-order chi connectivity index (χ0) is 21.9. The van der Waals surface area contributed by atoms with Crippen LogP contribution in [-0.4, -0.2) is 58.8 Å². The van der Waals surface area contributed by atoms with E-state index in [0.29, 0.717) is 13.1 Å². The molecule has 2 aliphatic rings. The van der Waals surface area contributed by atoms with E-state index in [4.69, 9.17) is 0 Å². The molecule has 2 heterocycles. The molecule has 1 aromatic carbocycles. The summed E-state index contributed by atoms with van der Waals surface area (Å²) in [7, 11) is 0. The number of nitrogens with one attached hydrogen (secondary N) is 2. The lowest BCUT2D eigenvalue weighted by Gasteiger charge is -2.39. The molecule has 0 aromatic heterocycles. The number of hydrogen-bond acceptors (Lipinski definition) is 6. The predicted octanol–water partition coefficient (Wildman–Crippen LogP) is 1.07. The lowest BCUT2D eigenvalue weighted by molar-refractivity contribution is -0.155. The first-order valence-corrected chi connectivity index (χ1v) is 10.4. The predicted molar refractivity (Wildman–Crippen MR) is 114 cm³/mol. The van der Waals surface area contributed by atoms with E-state index >= 15 is 0 Å². The zero-order valence-electron chi connectivity index (χ0n) is 17.8. The summed E-state index contributed by atoms with van der Waals surface area (Å²) in [6.45, 7) is 7.71. The number of likely N-dealkylation sites (tertiary alicyclic amines) is 1. The second-order valence-electron chi connectivity index (χ2n) is 8.86. The molecule has 1 saturated heterocycles. The van der Waals surface area contributed by atoms with Gasteiger partial charge < -0.3 is 20.4 Å². The fourth-order valence-corrected chi connectivity index (χ4v) is 3.92. The summed E-state index contributed by atoms with van der Waals surface area (Å²) < 4.78 is 0. The third-order valence-corrected chi connectivity index (χ3v) is 5.70. The van der Waals surface area contributed by atoms with Crippen molar-refractivity contribution in [1.29, 1.82) is 0 Å². The molecule has 8 heteroatoms. The van der Waals surface area contributed by atoms with Gasteiger partial charge in [-0.25, -0.2) is 5.43 Å². The molecular weight excluding hydrogens is 384 g/mol. The summed E-state index contributed by atoms with van der Waals surface area (Å²) in [4.78, 5) is 26.5. The summed E-state index contributed by atoms with van der Waals surface area (Å²) in [6, 6.07) is 7.23. The summed E-state index contributed by atoms with van der Waals surface area (Å²) in [5, 5.41) is 25.1. The quantitative estimate of drug-likeness (QED) is 0.553. The van der Waals surface area contributed by atoms with Crippen molar-refractivity contribution in [3.05, 3.63) is 42.1 Å². The largest absolute Gasteiger partial charge is 0.380 e. The van der Waals surface area contributed by atoms with Crippen LogP contribution in [0.4, 0.5) is 5.69 Å². The lowest BCUT2D eigenvalue weighted by Crippen LogP contribution is -2.54. The molecular formula is C22H32N4O4. The number of rotatable bonds is 6. The smallest absolute Gasteiger partial charge is 0.254 e. The van der Waals surface area contributed by atoms with Crippen molar-refractivity contribution >= 4 is 17.5 Å². The minimum atomic E-state index is -1.82. The van der Waals surface area contributed by atoms with Crippen LogP contribution in [0.3, 0.4) is 0 Å². The molecule has 164 valence electrons. The number of aliphatic hydroxyl groups is 2. The Kier molecular flexibility index (Phi) is 6.80. The van der Waals surface area contributed by atoms with Crippen molar-refractivity contribution in [1.82, 2.24) is 15.6 Å². The SMILES string of the molecule is C[C@@H](NC(=O)[C@H](O)[C@@H](O)C(=O)N1CCCC(C)(C)C1)c1ccc(N2C=CCN2)cc1. The van der Waals surface area contributed by atoms with Crippen molar-refractivity contribution in [2.24, 2.45) is 5.41 Å². The van der Waals surface area contributed by atoms with Gasteiger partial charge in [0.15, 0.2) is 12.2 Å². The van der Waals surface area contributed by atoms with Gasteiger partial charge in [0.1, 0.15) is 0 Å². The number of hydrogen-bond donors (Lipinski definition) is 4. The third-order valence-electron chi connectivity index (χ3n) is 5.70. The second-order valence-corrected chi connectivity index (χ2v) is 8.86. The topological polar surface area (TPSA) is 105 Å². The zero-order valence-corrected chi connectivity index (χ0v) is 17.8. The Labute approximate surface area is 177 Å². The molecule has 0 radical (unpaired) electrons. The molecule has 3 rings (SSSR count). The number of piperidine rings is 1. The number of nitrogens with zero attached hydrogens (tertiary/aromatic N) is 2. The Morgan fingerprint density at radius 1 is 1.17 bits per heavy atom. The molecule has 30 heavy (non-hydrogen) atoms. The van der Waals surface area contributed by atoms with Crippen molar-refractivity contribution in [3.8, 4) is 0 Å². The van der Waals surface area contributed by atoms with E-state index in [1.807, 2.05) is 41.6 Å². The van der Waals surface area contributed by atoms with E-state index in [9.17, 15) is 19.8 Å². The Bertz CT molecular complexity index is 793. The molecule has 0 unspecified atom stereocenters. The molecule has 2 amide bonds. The van der Waals surface area contributed by atoms with Crippen LogP contribution in [0.1, 0.15) is 45.2 Å². The Balaban J connectivity index is 1.56. The highest BCUT2D eigenvalue weighted by atomic mass is 16.3. The average Bonchev–Trinajstić information content (AvgIpc) is 3.26. The van der Waals surface area contributed by atoms with E-state index < -0.39 is 24.0 Å². The maximum Gasteiger partial charge on any atom is 0.254 e. The lowest BCUT2D eigenvalue weighted by atomic mass is 9.84. The Hall–Kier alpha value is -2.42. The van der Waals surface area contributed by atoms with Crippen LogP contribution in [0.5, 0.6) is 0 Å². The van der Waals surface area contributed by atoms with E-state index in [1.54, 1.807) is 6.92 Å². The van der Waals surface area contributed by atoms with Gasteiger partial charge in [-0.05, 0) is 42.9 Å². The highest BCUT2D eigenvalue weighted by molar-refractivity contribution is 5.91. The van der Waals surface area contributed by atoms with Crippen molar-refractivity contribution < 1.29 is 19.8 Å². The van der Waals surface area contributed by atoms with Gasteiger partial charge >= 0.3 is 0 Å². The van der Waals surface area contributed by atoms with Crippen molar-refractivity contribution in [2.75, 3.05) is 24.6 Å². The molecule has 1 aromatic rings. The van der Waals surface area contributed by atoms with Gasteiger partial charge in [0.05, 0.1) is 11.7 Å². The number of benzene rings is 1. The van der Waals surface area contributed by atoms with Gasteiger partial charge in [0.2, 0.25) is 0 Å². The summed E-state index contributed by atoms with van der Waals surface area (Å²) in [5.41, 5.74) is 4.96.